The van der Waals surface area contributed by atoms with E-state index < -0.39 is 5.54 Å². The standard InChI is InChI=1S/C10H22N2O2/c1-9-7-12(5-6-14-9)4-3-10(2,11)8-13/h9,13H,3-8,11H2,1-2H3. The van der Waals surface area contributed by atoms with Crippen molar-refractivity contribution in [1.29, 1.82) is 0 Å². The normalized spacial score (nSPS) is 28.7. The molecule has 1 heterocycles. The number of ether oxygens (including phenoxy) is 1. The first-order valence-corrected chi connectivity index (χ1v) is 5.27. The van der Waals surface area contributed by atoms with Crippen LogP contribution in [0.1, 0.15) is 20.3 Å². The summed E-state index contributed by atoms with van der Waals surface area (Å²) in [5, 5.41) is 9.01. The lowest BCUT2D eigenvalue weighted by Crippen LogP contribution is -2.47. The molecule has 0 amide bonds. The van der Waals surface area contributed by atoms with E-state index in [-0.39, 0.29) is 6.61 Å². The fourth-order valence-electron chi connectivity index (χ4n) is 1.59. The summed E-state index contributed by atoms with van der Waals surface area (Å²) >= 11 is 0. The van der Waals surface area contributed by atoms with Crippen molar-refractivity contribution >= 4 is 0 Å². The molecule has 1 aliphatic rings. The Morgan fingerprint density at radius 3 is 2.93 bits per heavy atom. The second-order valence-electron chi connectivity index (χ2n) is 4.54. The van der Waals surface area contributed by atoms with Gasteiger partial charge in [-0.3, -0.25) is 4.90 Å². The molecule has 0 radical (unpaired) electrons. The van der Waals surface area contributed by atoms with Gasteiger partial charge >= 0.3 is 0 Å². The van der Waals surface area contributed by atoms with Gasteiger partial charge in [0.25, 0.3) is 0 Å². The van der Waals surface area contributed by atoms with Crippen LogP contribution in [0.2, 0.25) is 0 Å². The van der Waals surface area contributed by atoms with Crippen LogP contribution >= 0.6 is 0 Å². The van der Waals surface area contributed by atoms with E-state index in [4.69, 9.17) is 15.6 Å². The summed E-state index contributed by atoms with van der Waals surface area (Å²) in [7, 11) is 0. The number of morpholine rings is 1. The molecule has 0 aliphatic carbocycles. The Labute approximate surface area is 86.0 Å². The minimum absolute atomic E-state index is 0.0485. The third kappa shape index (κ3) is 3.92. The molecule has 2 atom stereocenters. The summed E-state index contributed by atoms with van der Waals surface area (Å²) in [5.41, 5.74) is 5.42. The van der Waals surface area contributed by atoms with Crippen LogP contribution < -0.4 is 5.73 Å². The molecule has 1 saturated heterocycles. The monoisotopic (exact) mass is 202 g/mol. The van der Waals surface area contributed by atoms with Gasteiger partial charge in [0.2, 0.25) is 0 Å². The van der Waals surface area contributed by atoms with Crippen LogP contribution in [0, 0.1) is 0 Å². The molecule has 0 aromatic carbocycles. The van der Waals surface area contributed by atoms with Gasteiger partial charge in [-0.05, 0) is 20.3 Å². The molecule has 0 spiro atoms. The Hall–Kier alpha value is -0.160. The highest BCUT2D eigenvalue weighted by atomic mass is 16.5. The van der Waals surface area contributed by atoms with E-state index in [0.717, 1.165) is 32.7 Å². The smallest absolute Gasteiger partial charge is 0.0674 e. The Morgan fingerprint density at radius 1 is 1.64 bits per heavy atom. The zero-order valence-corrected chi connectivity index (χ0v) is 9.20. The molecule has 2 unspecified atom stereocenters. The van der Waals surface area contributed by atoms with Crippen molar-refractivity contribution in [3.63, 3.8) is 0 Å². The van der Waals surface area contributed by atoms with Gasteiger partial charge in [0, 0.05) is 25.2 Å². The first kappa shape index (κ1) is 11.9. The second-order valence-corrected chi connectivity index (χ2v) is 4.54. The summed E-state index contributed by atoms with van der Waals surface area (Å²) in [6, 6.07) is 0. The SMILES string of the molecule is CC1CN(CCC(C)(N)CO)CCO1. The maximum Gasteiger partial charge on any atom is 0.0674 e. The minimum atomic E-state index is -0.443. The lowest BCUT2D eigenvalue weighted by atomic mass is 10.0. The van der Waals surface area contributed by atoms with Crippen LogP contribution in [-0.2, 0) is 4.74 Å². The molecule has 0 aromatic heterocycles. The van der Waals surface area contributed by atoms with Crippen LogP contribution in [0.3, 0.4) is 0 Å². The average molecular weight is 202 g/mol. The summed E-state index contributed by atoms with van der Waals surface area (Å²) < 4.78 is 5.44. The number of rotatable bonds is 4. The Kier molecular flexibility index (Phi) is 4.31. The zero-order chi connectivity index (χ0) is 10.6. The van der Waals surface area contributed by atoms with E-state index in [0.29, 0.717) is 6.10 Å². The molecule has 0 aromatic rings. The van der Waals surface area contributed by atoms with Crippen LogP contribution in [0.5, 0.6) is 0 Å². The molecule has 1 aliphatic heterocycles. The van der Waals surface area contributed by atoms with Crippen molar-refractivity contribution in [2.45, 2.75) is 31.9 Å². The molecule has 4 nitrogen and oxygen atoms in total. The second kappa shape index (κ2) is 5.07. The van der Waals surface area contributed by atoms with Gasteiger partial charge in [0.15, 0.2) is 0 Å². The Morgan fingerprint density at radius 2 is 2.36 bits per heavy atom. The van der Waals surface area contributed by atoms with Crippen LogP contribution in [0.15, 0.2) is 0 Å². The average Bonchev–Trinajstić information content (AvgIpc) is 2.15. The van der Waals surface area contributed by atoms with Crippen LogP contribution in [0.25, 0.3) is 0 Å². The van der Waals surface area contributed by atoms with E-state index in [1.807, 2.05) is 6.92 Å². The summed E-state index contributed by atoms with van der Waals surface area (Å²) in [6.45, 7) is 7.72. The molecule has 1 rings (SSSR count). The number of nitrogens with zero attached hydrogens (tertiary/aromatic N) is 1. The van der Waals surface area contributed by atoms with Crippen molar-refractivity contribution in [3.8, 4) is 0 Å². The Bertz CT molecular complexity index is 174. The van der Waals surface area contributed by atoms with Gasteiger partial charge in [-0.25, -0.2) is 0 Å². The molecule has 0 bridgehead atoms. The molecule has 84 valence electrons. The quantitative estimate of drug-likeness (QED) is 0.663. The van der Waals surface area contributed by atoms with E-state index >= 15 is 0 Å². The maximum absolute atomic E-state index is 9.01. The fourth-order valence-corrected chi connectivity index (χ4v) is 1.59. The maximum atomic E-state index is 9.01. The predicted octanol–water partition coefficient (Wildman–Crippen LogP) is -0.193. The molecule has 14 heavy (non-hydrogen) atoms. The summed E-state index contributed by atoms with van der Waals surface area (Å²) in [6.07, 6.45) is 1.15. The summed E-state index contributed by atoms with van der Waals surface area (Å²) in [5.74, 6) is 0. The molecular weight excluding hydrogens is 180 g/mol. The number of nitrogens with two attached hydrogens (primary N) is 1. The highest BCUT2D eigenvalue weighted by molar-refractivity contribution is 4.80. The molecule has 4 heteroatoms. The van der Waals surface area contributed by atoms with Gasteiger partial charge in [0.1, 0.15) is 0 Å². The first-order chi connectivity index (χ1) is 6.53. The van der Waals surface area contributed by atoms with Crippen molar-refractivity contribution in [2.24, 2.45) is 5.73 Å². The third-order valence-corrected chi connectivity index (χ3v) is 2.69. The summed E-state index contributed by atoms with van der Waals surface area (Å²) in [4.78, 5) is 2.34. The van der Waals surface area contributed by atoms with Crippen molar-refractivity contribution < 1.29 is 9.84 Å². The van der Waals surface area contributed by atoms with E-state index in [2.05, 4.69) is 11.8 Å². The van der Waals surface area contributed by atoms with Gasteiger partial charge < -0.3 is 15.6 Å². The lowest BCUT2D eigenvalue weighted by Gasteiger charge is -2.33. The first-order valence-electron chi connectivity index (χ1n) is 5.27. The fraction of sp³-hybridized carbons (Fsp3) is 1.00. The van der Waals surface area contributed by atoms with Crippen LogP contribution in [0.4, 0.5) is 0 Å². The molecule has 0 saturated carbocycles. The van der Waals surface area contributed by atoms with Crippen molar-refractivity contribution in [2.75, 3.05) is 32.8 Å². The number of aliphatic hydroxyl groups is 1. The van der Waals surface area contributed by atoms with Crippen molar-refractivity contribution in [1.82, 2.24) is 4.90 Å². The largest absolute Gasteiger partial charge is 0.394 e. The Balaban J connectivity index is 2.23. The lowest BCUT2D eigenvalue weighted by molar-refractivity contribution is -0.0207. The minimum Gasteiger partial charge on any atom is -0.394 e. The van der Waals surface area contributed by atoms with E-state index in [1.54, 1.807) is 0 Å². The third-order valence-electron chi connectivity index (χ3n) is 2.69. The topological polar surface area (TPSA) is 58.7 Å². The van der Waals surface area contributed by atoms with Crippen molar-refractivity contribution in [3.05, 3.63) is 0 Å². The molecular formula is C10H22N2O2. The zero-order valence-electron chi connectivity index (χ0n) is 9.20. The van der Waals surface area contributed by atoms with Crippen LogP contribution in [-0.4, -0.2) is 54.5 Å². The molecule has 3 N–H and O–H groups in total. The van der Waals surface area contributed by atoms with Gasteiger partial charge in [0.05, 0.1) is 19.3 Å². The number of hydrogen-bond acceptors (Lipinski definition) is 4. The van der Waals surface area contributed by atoms with Gasteiger partial charge in [-0.2, -0.15) is 0 Å². The highest BCUT2D eigenvalue weighted by Crippen LogP contribution is 2.09. The number of aliphatic hydroxyl groups excluding tert-OH is 1. The van der Waals surface area contributed by atoms with Gasteiger partial charge in [-0.1, -0.05) is 0 Å². The predicted molar refractivity (Wildman–Crippen MR) is 56.1 cm³/mol. The number of hydrogen-bond donors (Lipinski definition) is 2. The van der Waals surface area contributed by atoms with E-state index in [9.17, 15) is 0 Å². The van der Waals surface area contributed by atoms with Gasteiger partial charge in [-0.15, -0.1) is 0 Å². The van der Waals surface area contributed by atoms with E-state index in [1.165, 1.54) is 0 Å². The molecule has 1 fully saturated rings. The highest BCUT2D eigenvalue weighted by Gasteiger charge is 2.21.